The molecule has 2 aromatic carbocycles. The van der Waals surface area contributed by atoms with E-state index in [1.54, 1.807) is 19.3 Å². The summed E-state index contributed by atoms with van der Waals surface area (Å²) in [4.78, 5) is 6.28. The van der Waals surface area contributed by atoms with E-state index in [1.807, 2.05) is 20.9 Å². The second-order valence-electron chi connectivity index (χ2n) is 8.80. The molecule has 1 unspecified atom stereocenters. The molecule has 0 amide bonds. The molecule has 5 nitrogen and oxygen atoms in total. The van der Waals surface area contributed by atoms with E-state index in [1.165, 1.54) is 6.07 Å². The highest BCUT2D eigenvalue weighted by Crippen LogP contribution is 2.35. The van der Waals surface area contributed by atoms with Crippen LogP contribution in [0.4, 0.5) is 30.2 Å². The fourth-order valence-electron chi connectivity index (χ4n) is 4.49. The minimum Gasteiger partial charge on any atom is -0.368 e. The number of hydrogen-bond acceptors (Lipinski definition) is 5. The Kier molecular flexibility index (Phi) is 6.77. The van der Waals surface area contributed by atoms with Crippen molar-refractivity contribution in [1.82, 2.24) is 5.01 Å². The highest BCUT2D eigenvalue weighted by atomic mass is 19.4. The molecule has 2 aliphatic heterocycles. The zero-order valence-corrected chi connectivity index (χ0v) is 20.0. The lowest BCUT2D eigenvalue weighted by Gasteiger charge is -2.38. The van der Waals surface area contributed by atoms with Crippen molar-refractivity contribution >= 4 is 23.4 Å². The first-order valence-corrected chi connectivity index (χ1v) is 11.8. The maximum atomic E-state index is 13.5. The Hall–Kier alpha value is -3.16. The minimum atomic E-state index is -4.33. The van der Waals surface area contributed by atoms with Crippen LogP contribution in [0.25, 0.3) is 0 Å². The quantitative estimate of drug-likeness (QED) is 0.522. The monoisotopic (exact) mass is 471 g/mol. The molecule has 2 aliphatic rings. The summed E-state index contributed by atoms with van der Waals surface area (Å²) in [5.74, 6) is 0.836. The topological polar surface area (TPSA) is 25.3 Å². The molecule has 0 radical (unpaired) electrons. The van der Waals surface area contributed by atoms with E-state index < -0.39 is 11.7 Å². The number of nitrogens with zero attached hydrogens (tertiary/aromatic N) is 5. The average Bonchev–Trinajstić information content (AvgIpc) is 3.24. The van der Waals surface area contributed by atoms with E-state index in [9.17, 15) is 13.2 Å². The fourth-order valence-corrected chi connectivity index (χ4v) is 4.49. The van der Waals surface area contributed by atoms with Gasteiger partial charge in [0, 0.05) is 43.2 Å². The third kappa shape index (κ3) is 4.72. The van der Waals surface area contributed by atoms with Gasteiger partial charge in [-0.3, -0.25) is 4.90 Å². The lowest BCUT2D eigenvalue weighted by Crippen LogP contribution is -2.46. The average molecular weight is 472 g/mol. The fraction of sp³-hybridized carbons (Fsp3) is 0.423. The number of halogens is 3. The molecule has 0 aliphatic carbocycles. The van der Waals surface area contributed by atoms with E-state index in [0.29, 0.717) is 30.8 Å². The van der Waals surface area contributed by atoms with Crippen molar-refractivity contribution in [1.29, 1.82) is 0 Å². The van der Waals surface area contributed by atoms with Gasteiger partial charge in [0.05, 0.1) is 11.6 Å². The Morgan fingerprint density at radius 2 is 1.47 bits per heavy atom. The second-order valence-corrected chi connectivity index (χ2v) is 8.80. The Balaban J connectivity index is 1.40. The molecule has 34 heavy (non-hydrogen) atoms. The van der Waals surface area contributed by atoms with E-state index in [0.717, 1.165) is 36.7 Å². The van der Waals surface area contributed by atoms with Gasteiger partial charge in [-0.25, -0.2) is 5.01 Å². The molecule has 0 spiro atoms. The number of piperazine rings is 1. The van der Waals surface area contributed by atoms with Crippen LogP contribution in [-0.4, -0.2) is 43.6 Å². The standard InChI is InChI=1S/C26H32F3N5/c1-5-19(3)34-20(4)33(18-30-34)23-11-9-22(10-12-23)31-13-15-32(16-14-31)24-8-7-21(6-2)25(17-24)26(27,28)29/h7-12,17-19H,4-6,13-16H2,1-3H3. The van der Waals surface area contributed by atoms with Gasteiger partial charge in [0.25, 0.3) is 0 Å². The summed E-state index contributed by atoms with van der Waals surface area (Å²) >= 11 is 0. The highest BCUT2D eigenvalue weighted by molar-refractivity contribution is 5.85. The Morgan fingerprint density at radius 1 is 0.912 bits per heavy atom. The molecular formula is C26H32F3N5. The zero-order chi connectivity index (χ0) is 24.5. The zero-order valence-electron chi connectivity index (χ0n) is 20.0. The van der Waals surface area contributed by atoms with Crippen LogP contribution in [0.15, 0.2) is 60.0 Å². The van der Waals surface area contributed by atoms with Crippen LogP contribution >= 0.6 is 0 Å². The maximum absolute atomic E-state index is 13.5. The first kappa shape index (κ1) is 24.0. The summed E-state index contributed by atoms with van der Waals surface area (Å²) < 4.78 is 40.4. The highest BCUT2D eigenvalue weighted by Gasteiger charge is 2.34. The summed E-state index contributed by atoms with van der Waals surface area (Å²) in [5, 5.41) is 6.41. The maximum Gasteiger partial charge on any atom is 0.416 e. The van der Waals surface area contributed by atoms with Gasteiger partial charge in [-0.05, 0) is 61.7 Å². The molecule has 2 aromatic rings. The molecule has 2 heterocycles. The van der Waals surface area contributed by atoms with E-state index in [4.69, 9.17) is 0 Å². The smallest absolute Gasteiger partial charge is 0.368 e. The van der Waals surface area contributed by atoms with Gasteiger partial charge >= 0.3 is 6.18 Å². The van der Waals surface area contributed by atoms with Gasteiger partial charge in [-0.1, -0.05) is 26.5 Å². The molecule has 0 bridgehead atoms. The van der Waals surface area contributed by atoms with Gasteiger partial charge in [-0.2, -0.15) is 18.3 Å². The van der Waals surface area contributed by atoms with Crippen molar-refractivity contribution in [2.75, 3.05) is 40.9 Å². The summed E-state index contributed by atoms with van der Waals surface area (Å²) in [6.07, 6.45) is -1.19. The molecule has 0 saturated carbocycles. The van der Waals surface area contributed by atoms with Crippen LogP contribution in [0.3, 0.4) is 0 Å². The van der Waals surface area contributed by atoms with E-state index >= 15 is 0 Å². The SMILES string of the molecule is C=C1N(c2ccc(N3CCN(c4ccc(CC)c(C(F)(F)F)c4)CC3)cc2)C=NN1C(C)CC. The minimum absolute atomic E-state index is 0.287. The van der Waals surface area contributed by atoms with Gasteiger partial charge < -0.3 is 9.80 Å². The van der Waals surface area contributed by atoms with Gasteiger partial charge in [0.2, 0.25) is 0 Å². The number of alkyl halides is 3. The Bertz CT molecular complexity index is 1040. The number of benzene rings is 2. The predicted octanol–water partition coefficient (Wildman–Crippen LogP) is 5.93. The van der Waals surface area contributed by atoms with Crippen molar-refractivity contribution in [2.24, 2.45) is 5.10 Å². The largest absolute Gasteiger partial charge is 0.416 e. The lowest BCUT2D eigenvalue weighted by molar-refractivity contribution is -0.138. The van der Waals surface area contributed by atoms with Crippen LogP contribution in [0.1, 0.15) is 38.3 Å². The van der Waals surface area contributed by atoms with E-state index in [2.05, 4.69) is 54.7 Å². The molecule has 8 heteroatoms. The molecular weight excluding hydrogens is 439 g/mol. The van der Waals surface area contributed by atoms with Crippen LogP contribution in [0, 0.1) is 0 Å². The summed E-state index contributed by atoms with van der Waals surface area (Å²) in [5.41, 5.74) is 2.55. The van der Waals surface area contributed by atoms with Crippen LogP contribution in [-0.2, 0) is 12.6 Å². The third-order valence-corrected chi connectivity index (χ3v) is 6.76. The number of anilines is 3. The van der Waals surface area contributed by atoms with Crippen LogP contribution in [0.5, 0.6) is 0 Å². The second kappa shape index (κ2) is 9.60. The van der Waals surface area contributed by atoms with Crippen molar-refractivity contribution < 1.29 is 13.2 Å². The molecule has 1 fully saturated rings. The van der Waals surface area contributed by atoms with Gasteiger partial charge in [0.1, 0.15) is 12.2 Å². The van der Waals surface area contributed by atoms with Crippen LogP contribution < -0.4 is 14.7 Å². The summed E-state index contributed by atoms with van der Waals surface area (Å²) in [7, 11) is 0. The molecule has 182 valence electrons. The molecule has 0 N–H and O–H groups in total. The van der Waals surface area contributed by atoms with Crippen molar-refractivity contribution in [3.63, 3.8) is 0 Å². The Labute approximate surface area is 199 Å². The predicted molar refractivity (Wildman–Crippen MR) is 133 cm³/mol. The number of aryl methyl sites for hydroxylation is 1. The third-order valence-electron chi connectivity index (χ3n) is 6.76. The first-order chi connectivity index (χ1) is 16.2. The van der Waals surface area contributed by atoms with Crippen molar-refractivity contribution in [3.8, 4) is 0 Å². The summed E-state index contributed by atoms with van der Waals surface area (Å²) in [6.45, 7) is 13.0. The normalized spacial score (nSPS) is 17.6. The molecule has 0 aromatic heterocycles. The van der Waals surface area contributed by atoms with E-state index in [-0.39, 0.29) is 6.04 Å². The molecule has 4 rings (SSSR count). The van der Waals surface area contributed by atoms with Gasteiger partial charge in [0.15, 0.2) is 0 Å². The van der Waals surface area contributed by atoms with Crippen molar-refractivity contribution in [2.45, 2.75) is 45.8 Å². The van der Waals surface area contributed by atoms with Gasteiger partial charge in [-0.15, -0.1) is 0 Å². The van der Waals surface area contributed by atoms with Crippen molar-refractivity contribution in [3.05, 3.63) is 66.0 Å². The summed E-state index contributed by atoms with van der Waals surface area (Å²) in [6, 6.07) is 13.3. The Morgan fingerprint density at radius 3 is 2.03 bits per heavy atom. The number of hydrogen-bond donors (Lipinski definition) is 0. The number of rotatable bonds is 6. The molecule has 1 saturated heterocycles. The molecule has 1 atom stereocenters. The van der Waals surface area contributed by atoms with Crippen LogP contribution in [0.2, 0.25) is 0 Å². The lowest BCUT2D eigenvalue weighted by atomic mass is 10.0. The number of hydrazone groups is 1. The first-order valence-electron chi connectivity index (χ1n) is 11.8.